The number of aromatic nitrogens is 1. The van der Waals surface area contributed by atoms with Crippen LogP contribution in [0.5, 0.6) is 5.75 Å². The van der Waals surface area contributed by atoms with E-state index in [2.05, 4.69) is 10.3 Å². The molecule has 0 spiro atoms. The zero-order valence-corrected chi connectivity index (χ0v) is 18.6. The number of benzene rings is 1. The van der Waals surface area contributed by atoms with Gasteiger partial charge in [-0.25, -0.2) is 0 Å². The Morgan fingerprint density at radius 3 is 3.00 bits per heavy atom. The summed E-state index contributed by atoms with van der Waals surface area (Å²) in [6.07, 6.45) is 3.06. The van der Waals surface area contributed by atoms with Crippen LogP contribution in [0.25, 0.3) is 10.9 Å². The molecule has 0 bridgehead atoms. The number of H-pyrrole nitrogens is 1. The van der Waals surface area contributed by atoms with Crippen LogP contribution in [-0.2, 0) is 16.0 Å². The van der Waals surface area contributed by atoms with Crippen LogP contribution in [-0.4, -0.2) is 61.1 Å². The smallest absolute Gasteiger partial charge is 0.253 e. The molecule has 0 amide bonds. The van der Waals surface area contributed by atoms with Crippen molar-refractivity contribution >= 4 is 28.2 Å². The summed E-state index contributed by atoms with van der Waals surface area (Å²) in [5.74, 6) is 0.787. The van der Waals surface area contributed by atoms with Gasteiger partial charge in [-0.15, -0.1) is 0 Å². The van der Waals surface area contributed by atoms with Crippen molar-refractivity contribution in [2.24, 2.45) is 0 Å². The molecule has 0 saturated carbocycles. The Morgan fingerprint density at radius 2 is 2.27 bits per heavy atom. The number of nitrogens with zero attached hydrogens (tertiary/aromatic N) is 1. The molecule has 164 valence electrons. The summed E-state index contributed by atoms with van der Waals surface area (Å²) in [4.78, 5) is 17.7. The molecule has 1 aliphatic heterocycles. The van der Waals surface area contributed by atoms with Gasteiger partial charge in [0, 0.05) is 49.9 Å². The topological polar surface area (TPSA) is 75.8 Å². The van der Waals surface area contributed by atoms with Gasteiger partial charge in [-0.3, -0.25) is 4.79 Å². The highest BCUT2D eigenvalue weighted by atomic mass is 32.1. The molecule has 1 aromatic carbocycles. The van der Waals surface area contributed by atoms with Crippen LogP contribution >= 0.6 is 12.2 Å². The van der Waals surface area contributed by atoms with E-state index in [1.807, 2.05) is 36.1 Å². The monoisotopic (exact) mass is 433 g/mol. The lowest BCUT2D eigenvalue weighted by Crippen LogP contribution is -2.44. The Bertz CT molecular complexity index is 896. The molecular formula is C22H31N3O4S. The molecule has 30 heavy (non-hydrogen) atoms. The normalized spacial score (nSPS) is 16.0. The third-order valence-electron chi connectivity index (χ3n) is 5.10. The highest BCUT2D eigenvalue weighted by Gasteiger charge is 2.22. The fourth-order valence-electron chi connectivity index (χ4n) is 3.59. The van der Waals surface area contributed by atoms with E-state index in [-0.39, 0.29) is 11.7 Å². The summed E-state index contributed by atoms with van der Waals surface area (Å²) in [6.45, 7) is 5.80. The molecule has 1 aliphatic rings. The van der Waals surface area contributed by atoms with Gasteiger partial charge in [0.2, 0.25) is 0 Å². The number of aromatic amines is 1. The second-order valence-electron chi connectivity index (χ2n) is 7.40. The lowest BCUT2D eigenvalue weighted by molar-refractivity contribution is 0.0896. The number of ether oxygens (including phenoxy) is 3. The number of thiocarbonyl (C=S) groups is 1. The number of fused-ring (bicyclic) bond motifs is 1. The molecule has 7 nitrogen and oxygen atoms in total. The van der Waals surface area contributed by atoms with Gasteiger partial charge in [-0.1, -0.05) is 0 Å². The molecule has 1 fully saturated rings. The SMILES string of the molecule is CCOc1ccc2[nH]c(=O)c(CN(C[C@H]3CCCO3)C(=S)NCCCOC)cc2c1. The maximum atomic E-state index is 12.7. The fourth-order valence-corrected chi connectivity index (χ4v) is 3.83. The molecule has 2 N–H and O–H groups in total. The molecule has 3 rings (SSSR count). The first-order chi connectivity index (χ1) is 14.6. The summed E-state index contributed by atoms with van der Waals surface area (Å²) in [7, 11) is 1.69. The van der Waals surface area contributed by atoms with Crippen molar-refractivity contribution in [3.63, 3.8) is 0 Å². The Morgan fingerprint density at radius 1 is 1.40 bits per heavy atom. The summed E-state index contributed by atoms with van der Waals surface area (Å²) in [6, 6.07) is 7.61. The third-order valence-corrected chi connectivity index (χ3v) is 5.50. The average molecular weight is 434 g/mol. The number of methoxy groups -OCH3 is 1. The van der Waals surface area contributed by atoms with E-state index in [1.54, 1.807) is 7.11 Å². The van der Waals surface area contributed by atoms with Gasteiger partial charge in [-0.05, 0) is 62.7 Å². The van der Waals surface area contributed by atoms with E-state index in [4.69, 9.17) is 26.4 Å². The van der Waals surface area contributed by atoms with Crippen LogP contribution < -0.4 is 15.6 Å². The van der Waals surface area contributed by atoms with Crippen LogP contribution in [0.2, 0.25) is 0 Å². The number of hydrogen-bond acceptors (Lipinski definition) is 5. The first-order valence-corrected chi connectivity index (χ1v) is 10.9. The largest absolute Gasteiger partial charge is 0.494 e. The standard InChI is InChI=1S/C22H31N3O4S/c1-3-28-18-7-8-20-16(13-18)12-17(21(26)24-20)14-25(15-19-6-4-11-29-19)22(30)23-9-5-10-27-2/h7-8,12-13,19H,3-6,9-11,14-15H2,1-2H3,(H,23,30)(H,24,26)/t19-/m1/s1. The van der Waals surface area contributed by atoms with E-state index in [9.17, 15) is 4.79 Å². The lowest BCUT2D eigenvalue weighted by atomic mass is 10.1. The second-order valence-corrected chi connectivity index (χ2v) is 7.79. The highest BCUT2D eigenvalue weighted by Crippen LogP contribution is 2.20. The molecule has 1 aromatic heterocycles. The average Bonchev–Trinajstić information content (AvgIpc) is 3.24. The van der Waals surface area contributed by atoms with Crippen LogP contribution in [0.1, 0.15) is 31.7 Å². The van der Waals surface area contributed by atoms with Gasteiger partial charge < -0.3 is 29.4 Å². The van der Waals surface area contributed by atoms with E-state index in [0.717, 1.165) is 49.1 Å². The molecule has 2 heterocycles. The van der Waals surface area contributed by atoms with Crippen LogP contribution in [0, 0.1) is 0 Å². The van der Waals surface area contributed by atoms with Crippen molar-refractivity contribution in [1.82, 2.24) is 15.2 Å². The van der Waals surface area contributed by atoms with Crippen LogP contribution in [0.15, 0.2) is 29.1 Å². The van der Waals surface area contributed by atoms with Crippen molar-refractivity contribution in [3.8, 4) is 5.75 Å². The molecular weight excluding hydrogens is 402 g/mol. The van der Waals surface area contributed by atoms with E-state index >= 15 is 0 Å². The van der Waals surface area contributed by atoms with Gasteiger partial charge in [0.1, 0.15) is 5.75 Å². The van der Waals surface area contributed by atoms with E-state index < -0.39 is 0 Å². The second kappa shape index (κ2) is 11.3. The number of hydrogen-bond donors (Lipinski definition) is 2. The predicted octanol–water partition coefficient (Wildman–Crippen LogP) is 2.82. The van der Waals surface area contributed by atoms with Gasteiger partial charge in [-0.2, -0.15) is 0 Å². The molecule has 8 heteroatoms. The van der Waals surface area contributed by atoms with Crippen LogP contribution in [0.3, 0.4) is 0 Å². The Kier molecular flexibility index (Phi) is 8.48. The first-order valence-electron chi connectivity index (χ1n) is 10.5. The quantitative estimate of drug-likeness (QED) is 0.441. The van der Waals surface area contributed by atoms with Crippen LogP contribution in [0.4, 0.5) is 0 Å². The van der Waals surface area contributed by atoms with E-state index in [0.29, 0.717) is 37.0 Å². The first kappa shape index (κ1) is 22.5. The van der Waals surface area contributed by atoms with Crippen molar-refractivity contribution in [3.05, 3.63) is 40.2 Å². The van der Waals surface area contributed by atoms with Crippen molar-refractivity contribution < 1.29 is 14.2 Å². The minimum absolute atomic E-state index is 0.105. The summed E-state index contributed by atoms with van der Waals surface area (Å²) < 4.78 is 16.5. The zero-order valence-electron chi connectivity index (χ0n) is 17.7. The third kappa shape index (κ3) is 6.17. The minimum atomic E-state index is -0.105. The molecule has 0 unspecified atom stereocenters. The summed E-state index contributed by atoms with van der Waals surface area (Å²) in [5, 5.41) is 4.85. The number of rotatable bonds is 10. The Labute approximate surface area is 182 Å². The molecule has 2 aromatic rings. The zero-order chi connectivity index (χ0) is 21.3. The Hall–Kier alpha value is -2.16. The van der Waals surface area contributed by atoms with Gasteiger partial charge in [0.15, 0.2) is 5.11 Å². The van der Waals surface area contributed by atoms with E-state index in [1.165, 1.54) is 0 Å². The van der Waals surface area contributed by atoms with Crippen molar-refractivity contribution in [2.75, 3.05) is 40.0 Å². The van der Waals surface area contributed by atoms with Crippen molar-refractivity contribution in [2.45, 2.75) is 38.8 Å². The lowest BCUT2D eigenvalue weighted by Gasteiger charge is -2.28. The predicted molar refractivity (Wildman–Crippen MR) is 122 cm³/mol. The number of nitrogens with one attached hydrogen (secondary N) is 2. The molecule has 1 saturated heterocycles. The van der Waals surface area contributed by atoms with Gasteiger partial charge >= 0.3 is 0 Å². The fraction of sp³-hybridized carbons (Fsp3) is 0.545. The maximum absolute atomic E-state index is 12.7. The van der Waals surface area contributed by atoms with Crippen molar-refractivity contribution in [1.29, 1.82) is 0 Å². The summed E-state index contributed by atoms with van der Waals surface area (Å²) in [5.41, 5.74) is 1.35. The summed E-state index contributed by atoms with van der Waals surface area (Å²) >= 11 is 5.64. The molecule has 0 aliphatic carbocycles. The van der Waals surface area contributed by atoms with Gasteiger partial charge in [0.05, 0.1) is 19.3 Å². The van der Waals surface area contributed by atoms with Gasteiger partial charge in [0.25, 0.3) is 5.56 Å². The highest BCUT2D eigenvalue weighted by molar-refractivity contribution is 7.80. The maximum Gasteiger partial charge on any atom is 0.253 e. The Balaban J connectivity index is 1.78. The molecule has 1 atom stereocenters. The number of pyridine rings is 1. The molecule has 0 radical (unpaired) electrons. The minimum Gasteiger partial charge on any atom is -0.494 e.